The van der Waals surface area contributed by atoms with E-state index in [0.717, 1.165) is 50.9 Å². The van der Waals surface area contributed by atoms with Crippen LogP contribution < -0.4 is 63.2 Å². The number of aliphatic carboxylic acids is 1. The van der Waals surface area contributed by atoms with Crippen molar-refractivity contribution in [2.75, 3.05) is 19.5 Å². The Bertz CT molecular complexity index is 2110. The number of methoxy groups -OCH3 is 1. The third kappa shape index (κ3) is 24.7. The minimum absolute atomic E-state index is 0. The molecule has 6 rings (SSSR count). The third-order valence-electron chi connectivity index (χ3n) is 6.98. The number of hydrogen-bond acceptors (Lipinski definition) is 8. The molecule has 0 unspecified atom stereocenters. The maximum absolute atomic E-state index is 12.1. The minimum atomic E-state index is -0.833. The summed E-state index contributed by atoms with van der Waals surface area (Å²) in [6.45, 7) is 6.82. The van der Waals surface area contributed by atoms with Crippen molar-refractivity contribution >= 4 is 82.3 Å². The number of Topliss-reactive ketones (excluding diaryl/α,β-unsaturated/α-hetero) is 2. The van der Waals surface area contributed by atoms with Crippen LogP contribution >= 0.6 is 34.8 Å². The van der Waals surface area contributed by atoms with Gasteiger partial charge < -0.3 is 45.6 Å². The molecular formula is C42H46BCl4N5NaO5. The molecule has 58 heavy (non-hydrogen) atoms. The van der Waals surface area contributed by atoms with Crippen LogP contribution in [0.15, 0.2) is 122 Å². The summed E-state index contributed by atoms with van der Waals surface area (Å²) in [5.74, 6) is 0.266. The second kappa shape index (κ2) is 34.9. The summed E-state index contributed by atoms with van der Waals surface area (Å²) in [6, 6.07) is 30.9. The van der Waals surface area contributed by atoms with Gasteiger partial charge in [0.2, 0.25) is 0 Å². The number of carbonyl (C=O) groups is 3. The molecule has 3 radical (unpaired) electrons. The number of aromatic amines is 1. The molecule has 6 aromatic rings. The largest absolute Gasteiger partial charge is 1.00 e. The van der Waals surface area contributed by atoms with Crippen molar-refractivity contribution < 1.29 is 71.2 Å². The Kier molecular flexibility index (Phi) is 36.5. The standard InChI is InChI=1S/C19H17ClN2O.C12H10ClNO.C7H7ClO.C2H4O2.CN.CH4.B.ClH.H3N.Na/c20-18-3-1-2-15(9-18)11-22-13-19(23)10-14-4-5-17-12-21-7-6-16(17)8-14;13-7-12(15)6-9-1-2-11-8-14-4-3-10(11)5-9;1-9-7-4-2-3-6(8)5-7;1-2(3)4;1-2;;;;;/h1-9,12,22H,10-11,13H2;1-5,8H,6-7H2;2-5H,1H3;1H3,(H,3,4);;1H4;;1H;1H3;/q;;;;-1;;;;;+1. The molecule has 0 atom stereocenters. The maximum atomic E-state index is 12.1. The minimum Gasteiger partial charge on any atom is -1.00 e. The quantitative estimate of drug-likeness (QED) is 0.106. The summed E-state index contributed by atoms with van der Waals surface area (Å²) in [5.41, 5.74) is 3.11. The van der Waals surface area contributed by atoms with Gasteiger partial charge in [-0.05, 0) is 69.9 Å². The molecule has 0 saturated carbocycles. The van der Waals surface area contributed by atoms with Gasteiger partial charge in [-0.3, -0.25) is 19.4 Å². The van der Waals surface area contributed by atoms with Crippen molar-refractivity contribution in [3.8, 4) is 5.75 Å². The Balaban J connectivity index is -0.000000363. The van der Waals surface area contributed by atoms with Crippen LogP contribution in [0.5, 0.6) is 5.75 Å². The number of nitrogens with one attached hydrogen (secondary N) is 2. The van der Waals surface area contributed by atoms with E-state index in [9.17, 15) is 9.59 Å². The van der Waals surface area contributed by atoms with Crippen LogP contribution in [-0.2, 0) is 33.8 Å². The van der Waals surface area contributed by atoms with Crippen LogP contribution in [0.25, 0.3) is 21.5 Å². The fraction of sp³-hybridized carbons (Fsp3) is 0.190. The number of aromatic nitrogens is 2. The number of fused-ring (bicyclic) bond motifs is 2. The van der Waals surface area contributed by atoms with Crippen molar-refractivity contribution in [1.82, 2.24) is 16.5 Å². The predicted octanol–water partition coefficient (Wildman–Crippen LogP) is 2.76. The molecule has 2 heterocycles. The van der Waals surface area contributed by atoms with E-state index >= 15 is 0 Å². The molecule has 0 fully saturated rings. The molecule has 0 aliphatic heterocycles. The van der Waals surface area contributed by atoms with E-state index in [1.165, 1.54) is 0 Å². The number of ether oxygens (including phenoxy) is 1. The van der Waals surface area contributed by atoms with Crippen LogP contribution in [0.1, 0.15) is 31.0 Å². The zero-order chi connectivity index (χ0) is 39.0. The molecule has 0 amide bonds. The number of pyridine rings is 2. The summed E-state index contributed by atoms with van der Waals surface area (Å²) in [4.78, 5) is 39.4. The summed E-state index contributed by atoms with van der Waals surface area (Å²) in [6.07, 6.45) is 8.24. The monoisotopic (exact) mass is 874 g/mol. The number of alkyl halides is 1. The Morgan fingerprint density at radius 2 is 1.36 bits per heavy atom. The van der Waals surface area contributed by atoms with E-state index < -0.39 is 5.97 Å². The van der Waals surface area contributed by atoms with Gasteiger partial charge in [0, 0.05) is 74.0 Å². The molecular weight excluding hydrogens is 830 g/mol. The number of carboxylic acids is 1. The molecule has 0 spiro atoms. The van der Waals surface area contributed by atoms with E-state index in [2.05, 4.69) is 15.3 Å². The van der Waals surface area contributed by atoms with Gasteiger partial charge in [-0.1, -0.05) is 79.2 Å². The number of carbonyl (C=O) groups excluding carboxylic acids is 2. The average Bonchev–Trinajstić information content (AvgIpc) is 3.16. The molecule has 10 nitrogen and oxygen atoms in total. The van der Waals surface area contributed by atoms with Crippen LogP contribution in [0.4, 0.5) is 0 Å². The van der Waals surface area contributed by atoms with Crippen LogP contribution in [0, 0.1) is 11.8 Å². The maximum Gasteiger partial charge on any atom is 1.00 e. The molecule has 301 valence electrons. The second-order valence-corrected chi connectivity index (χ2v) is 12.3. The van der Waals surface area contributed by atoms with Crippen molar-refractivity contribution in [1.29, 1.82) is 5.26 Å². The molecule has 0 aliphatic carbocycles. The van der Waals surface area contributed by atoms with Crippen molar-refractivity contribution in [3.63, 3.8) is 0 Å². The number of rotatable bonds is 10. The number of ketones is 2. The summed E-state index contributed by atoms with van der Waals surface area (Å²) in [7, 11) is 1.62. The van der Waals surface area contributed by atoms with E-state index in [1.807, 2.05) is 110 Å². The Hall–Kier alpha value is -4.06. The van der Waals surface area contributed by atoms with E-state index in [0.29, 0.717) is 36.0 Å². The van der Waals surface area contributed by atoms with Gasteiger partial charge in [-0.25, -0.2) is 4.98 Å². The van der Waals surface area contributed by atoms with Gasteiger partial charge in [0.15, 0.2) is 24.0 Å². The van der Waals surface area contributed by atoms with Crippen molar-refractivity contribution in [2.45, 2.75) is 33.7 Å². The van der Waals surface area contributed by atoms with Gasteiger partial charge in [-0.2, -0.15) is 0 Å². The Morgan fingerprint density at radius 1 is 0.810 bits per heavy atom. The first kappa shape index (κ1) is 60.6. The van der Waals surface area contributed by atoms with Crippen molar-refractivity contribution in [2.24, 2.45) is 0 Å². The second-order valence-electron chi connectivity index (χ2n) is 11.1. The fourth-order valence-corrected chi connectivity index (χ4v) is 5.17. The SMILES string of the molecule is C.CC(=O)O.COc1cccc(Cl)c1.N.O=C(CCl)Cc1ccc2c[nH+]ccc2c1.O=C(CNCc1cccc(Cl)c1)Cc1ccc2cnccc2c1.[B].[C-]#N.[Cl-].[Na+]. The first-order valence-corrected chi connectivity index (χ1v) is 17.3. The first-order chi connectivity index (χ1) is 25.6. The van der Waals surface area contributed by atoms with E-state index in [-0.39, 0.29) is 81.4 Å². The zero-order valence-electron chi connectivity index (χ0n) is 31.9. The summed E-state index contributed by atoms with van der Waals surface area (Å²) < 4.78 is 4.91. The molecule has 0 aliphatic rings. The number of halogens is 4. The fourth-order valence-electron chi connectivity index (χ4n) is 4.68. The summed E-state index contributed by atoms with van der Waals surface area (Å²) in [5, 5.41) is 22.7. The molecule has 4 aromatic carbocycles. The van der Waals surface area contributed by atoms with E-state index in [1.54, 1.807) is 19.4 Å². The topological polar surface area (TPSA) is 179 Å². The Labute approximate surface area is 386 Å². The summed E-state index contributed by atoms with van der Waals surface area (Å²) >= 11 is 17.1. The van der Waals surface area contributed by atoms with Crippen molar-refractivity contribution in [3.05, 3.63) is 155 Å². The number of benzene rings is 4. The van der Waals surface area contributed by atoms with Crippen LogP contribution in [-0.4, -0.2) is 55.6 Å². The zero-order valence-corrected chi connectivity index (χ0v) is 36.9. The number of carboxylic acid groups (broad SMARTS) is 1. The average molecular weight is 876 g/mol. The van der Waals surface area contributed by atoms with Gasteiger partial charge in [-0.15, -0.1) is 11.6 Å². The number of H-pyrrole nitrogens is 1. The van der Waals surface area contributed by atoms with Gasteiger partial charge >= 0.3 is 29.6 Å². The molecule has 2 aromatic heterocycles. The predicted molar refractivity (Wildman–Crippen MR) is 227 cm³/mol. The number of hydrogen-bond donors (Lipinski definition) is 3. The molecule has 6 N–H and O–H groups in total. The molecule has 16 heteroatoms. The van der Waals surface area contributed by atoms with E-state index in [4.69, 9.17) is 61.3 Å². The molecule has 0 saturated heterocycles. The Morgan fingerprint density at radius 3 is 1.91 bits per heavy atom. The van der Waals surface area contributed by atoms with Gasteiger partial charge in [0.05, 0.1) is 19.5 Å². The third-order valence-corrected chi connectivity index (χ3v) is 7.75. The number of nitrogens with zero attached hydrogens (tertiary/aromatic N) is 2. The smallest absolute Gasteiger partial charge is 1.00 e. The first-order valence-electron chi connectivity index (χ1n) is 16.0. The normalized spacial score (nSPS) is 8.88. The van der Waals surface area contributed by atoms with Crippen LogP contribution in [0.3, 0.4) is 0 Å². The molecule has 0 bridgehead atoms. The van der Waals surface area contributed by atoms with Crippen LogP contribution in [0.2, 0.25) is 10.0 Å². The van der Waals surface area contributed by atoms with Gasteiger partial charge in [0.25, 0.3) is 5.97 Å². The van der Waals surface area contributed by atoms with Gasteiger partial charge in [0.1, 0.15) is 5.75 Å².